The van der Waals surface area contributed by atoms with Gasteiger partial charge in [0.05, 0.1) is 5.69 Å². The van der Waals surface area contributed by atoms with E-state index < -0.39 is 17.9 Å². The number of anilines is 1. The van der Waals surface area contributed by atoms with Crippen molar-refractivity contribution in [3.05, 3.63) is 54.1 Å². The van der Waals surface area contributed by atoms with Crippen molar-refractivity contribution in [2.75, 3.05) is 5.32 Å². The van der Waals surface area contributed by atoms with E-state index in [4.69, 9.17) is 4.74 Å². The number of fused-ring (bicyclic) bond motifs is 1. The van der Waals surface area contributed by atoms with Crippen LogP contribution in [-0.2, 0) is 10.3 Å². The molecule has 2 aromatic carbocycles. The zero-order valence-electron chi connectivity index (χ0n) is 14.1. The molecule has 0 spiro atoms. The number of alkyl halides is 3. The van der Waals surface area contributed by atoms with E-state index in [1.165, 1.54) is 12.1 Å². The molecule has 1 unspecified atom stereocenters. The predicted molar refractivity (Wildman–Crippen MR) is 92.3 cm³/mol. The van der Waals surface area contributed by atoms with Crippen LogP contribution in [0.25, 0.3) is 11.1 Å². The van der Waals surface area contributed by atoms with Crippen LogP contribution < -0.4 is 5.32 Å². The summed E-state index contributed by atoms with van der Waals surface area (Å²) in [6, 6.07) is 13.4. The summed E-state index contributed by atoms with van der Waals surface area (Å²) in [6.45, 7) is 3.34. The smallest absolute Gasteiger partial charge is 0.415 e. The van der Waals surface area contributed by atoms with E-state index in [0.29, 0.717) is 5.56 Å². The largest absolute Gasteiger partial charge is 0.445 e. The molecule has 0 radical (unpaired) electrons. The standard InChI is InChI=1S/C20H16F3NO2/c1-13(2)10-11-19(20(21,22)23)16-12-15(14-6-4-3-5-7-14)8-9-17(16)24-18(25)26-19/h3-9,12-13H,1-2H3,(H,24,25). The molecule has 1 aliphatic rings. The summed E-state index contributed by atoms with van der Waals surface area (Å²) in [5, 5.41) is 2.32. The first-order chi connectivity index (χ1) is 12.2. The molecule has 1 N–H and O–H groups in total. The quantitative estimate of drug-likeness (QED) is 0.699. The Bertz CT molecular complexity index is 895. The third-order valence-corrected chi connectivity index (χ3v) is 3.92. The number of hydrogen-bond donors (Lipinski definition) is 1. The maximum absolute atomic E-state index is 14.0. The van der Waals surface area contributed by atoms with Crippen LogP contribution in [0.5, 0.6) is 0 Å². The number of cyclic esters (lactones) is 1. The molecule has 0 fully saturated rings. The van der Waals surface area contributed by atoms with Gasteiger partial charge in [0.25, 0.3) is 5.60 Å². The summed E-state index contributed by atoms with van der Waals surface area (Å²) < 4.78 is 46.8. The molecular weight excluding hydrogens is 343 g/mol. The van der Waals surface area contributed by atoms with Gasteiger partial charge in [-0.2, -0.15) is 13.2 Å². The molecule has 2 aromatic rings. The maximum Gasteiger partial charge on any atom is 0.445 e. The van der Waals surface area contributed by atoms with E-state index in [-0.39, 0.29) is 17.2 Å². The second kappa shape index (κ2) is 6.41. The van der Waals surface area contributed by atoms with Crippen LogP contribution in [0, 0.1) is 17.8 Å². The van der Waals surface area contributed by atoms with Crippen LogP contribution in [0.15, 0.2) is 48.5 Å². The van der Waals surface area contributed by atoms with Crippen molar-refractivity contribution in [2.45, 2.75) is 25.6 Å². The molecule has 0 aliphatic carbocycles. The van der Waals surface area contributed by atoms with Crippen molar-refractivity contribution in [1.82, 2.24) is 0 Å². The van der Waals surface area contributed by atoms with Crippen molar-refractivity contribution >= 4 is 11.8 Å². The van der Waals surface area contributed by atoms with Gasteiger partial charge in [-0.3, -0.25) is 5.32 Å². The average molecular weight is 359 g/mol. The number of benzene rings is 2. The van der Waals surface area contributed by atoms with Crippen molar-refractivity contribution < 1.29 is 22.7 Å². The summed E-state index contributed by atoms with van der Waals surface area (Å²) >= 11 is 0. The highest BCUT2D eigenvalue weighted by molar-refractivity contribution is 5.90. The molecule has 1 atom stereocenters. The average Bonchev–Trinajstić information content (AvgIpc) is 2.59. The lowest BCUT2D eigenvalue weighted by Gasteiger charge is -2.36. The Hall–Kier alpha value is -2.94. The number of halogens is 3. The Morgan fingerprint density at radius 2 is 1.77 bits per heavy atom. The fourth-order valence-corrected chi connectivity index (χ4v) is 2.70. The predicted octanol–water partition coefficient (Wildman–Crippen LogP) is 5.33. The van der Waals surface area contributed by atoms with Gasteiger partial charge >= 0.3 is 12.3 Å². The highest BCUT2D eigenvalue weighted by atomic mass is 19.4. The number of hydrogen-bond acceptors (Lipinski definition) is 2. The van der Waals surface area contributed by atoms with Crippen molar-refractivity contribution in [3.63, 3.8) is 0 Å². The SMILES string of the molecule is CC(C)C#CC1(C(F)(F)F)OC(=O)Nc2ccc(-c3ccccc3)cc21. The molecule has 0 bridgehead atoms. The zero-order chi connectivity index (χ0) is 18.9. The zero-order valence-corrected chi connectivity index (χ0v) is 14.1. The van der Waals surface area contributed by atoms with E-state index >= 15 is 0 Å². The summed E-state index contributed by atoms with van der Waals surface area (Å²) in [5.41, 5.74) is -1.86. The third-order valence-electron chi connectivity index (χ3n) is 3.92. The molecule has 1 aliphatic heterocycles. The molecule has 3 rings (SSSR count). The van der Waals surface area contributed by atoms with Gasteiger partial charge in [-0.1, -0.05) is 56.2 Å². The van der Waals surface area contributed by atoms with Gasteiger partial charge in [-0.25, -0.2) is 4.79 Å². The Morgan fingerprint density at radius 1 is 1.08 bits per heavy atom. The second-order valence-corrected chi connectivity index (χ2v) is 6.24. The molecule has 0 saturated heterocycles. The number of carbonyl (C=O) groups excluding carboxylic acids is 1. The van der Waals surface area contributed by atoms with Gasteiger partial charge in [0.1, 0.15) is 0 Å². The maximum atomic E-state index is 14.0. The van der Waals surface area contributed by atoms with E-state index in [1.54, 1.807) is 44.2 Å². The van der Waals surface area contributed by atoms with Crippen LogP contribution in [-0.4, -0.2) is 12.3 Å². The van der Waals surface area contributed by atoms with Crippen LogP contribution in [0.1, 0.15) is 19.4 Å². The van der Waals surface area contributed by atoms with Crippen molar-refractivity contribution in [2.24, 2.45) is 5.92 Å². The third kappa shape index (κ3) is 3.13. The Kier molecular flexibility index (Phi) is 4.41. The van der Waals surface area contributed by atoms with E-state index in [1.807, 2.05) is 6.07 Å². The summed E-state index contributed by atoms with van der Waals surface area (Å²) in [4.78, 5) is 11.8. The Labute approximate surface area is 149 Å². The van der Waals surface area contributed by atoms with Crippen molar-refractivity contribution in [1.29, 1.82) is 0 Å². The van der Waals surface area contributed by atoms with E-state index in [2.05, 4.69) is 17.2 Å². The van der Waals surface area contributed by atoms with Crippen LogP contribution >= 0.6 is 0 Å². The lowest BCUT2D eigenvalue weighted by Crippen LogP contribution is -2.49. The fraction of sp³-hybridized carbons (Fsp3) is 0.250. The van der Waals surface area contributed by atoms with Gasteiger partial charge in [0.2, 0.25) is 0 Å². The molecule has 6 heteroatoms. The molecule has 0 aromatic heterocycles. The lowest BCUT2D eigenvalue weighted by atomic mass is 9.87. The van der Waals surface area contributed by atoms with E-state index in [9.17, 15) is 18.0 Å². The summed E-state index contributed by atoms with van der Waals surface area (Å²) in [5.74, 6) is 4.37. The number of ether oxygens (including phenoxy) is 1. The Balaban J connectivity index is 2.26. The molecule has 3 nitrogen and oxygen atoms in total. The molecule has 1 heterocycles. The van der Waals surface area contributed by atoms with Gasteiger partial charge in [0, 0.05) is 11.5 Å². The number of nitrogens with one attached hydrogen (secondary N) is 1. The highest BCUT2D eigenvalue weighted by Gasteiger charge is 2.62. The van der Waals surface area contributed by atoms with Crippen molar-refractivity contribution in [3.8, 4) is 23.0 Å². The molecule has 0 saturated carbocycles. The minimum Gasteiger partial charge on any atom is -0.415 e. The molecular formula is C20H16F3NO2. The van der Waals surface area contributed by atoms with Crippen LogP contribution in [0.3, 0.4) is 0 Å². The molecule has 134 valence electrons. The number of carbonyl (C=O) groups is 1. The first kappa shape index (κ1) is 17.9. The summed E-state index contributed by atoms with van der Waals surface area (Å²) in [7, 11) is 0. The molecule has 26 heavy (non-hydrogen) atoms. The minimum absolute atomic E-state index is 0.0383. The number of amides is 1. The van der Waals surface area contributed by atoms with Gasteiger partial charge in [0.15, 0.2) is 0 Å². The van der Waals surface area contributed by atoms with Gasteiger partial charge < -0.3 is 4.74 Å². The summed E-state index contributed by atoms with van der Waals surface area (Å²) in [6.07, 6.45) is -6.07. The topological polar surface area (TPSA) is 38.3 Å². The normalized spacial score (nSPS) is 19.1. The number of rotatable bonds is 1. The lowest BCUT2D eigenvalue weighted by molar-refractivity contribution is -0.239. The first-order valence-corrected chi connectivity index (χ1v) is 8.02. The molecule has 1 amide bonds. The Morgan fingerprint density at radius 3 is 2.38 bits per heavy atom. The van der Waals surface area contributed by atoms with Crippen LogP contribution in [0.2, 0.25) is 0 Å². The minimum atomic E-state index is -4.89. The fourth-order valence-electron chi connectivity index (χ4n) is 2.70. The monoisotopic (exact) mass is 359 g/mol. The second-order valence-electron chi connectivity index (χ2n) is 6.24. The highest BCUT2D eigenvalue weighted by Crippen LogP contribution is 2.48. The first-order valence-electron chi connectivity index (χ1n) is 8.02. The van der Waals surface area contributed by atoms with Crippen LogP contribution in [0.4, 0.5) is 23.7 Å². The van der Waals surface area contributed by atoms with Gasteiger partial charge in [-0.05, 0) is 29.2 Å². The van der Waals surface area contributed by atoms with E-state index in [0.717, 1.165) is 5.56 Å². The van der Waals surface area contributed by atoms with Gasteiger partial charge in [-0.15, -0.1) is 0 Å².